The van der Waals surface area contributed by atoms with Crippen LogP contribution in [0.3, 0.4) is 0 Å². The van der Waals surface area contributed by atoms with E-state index in [-0.39, 0.29) is 0 Å². The minimum absolute atomic E-state index is 0.875. The molecule has 1 nitrogen and oxygen atoms in total. The summed E-state index contributed by atoms with van der Waals surface area (Å²) >= 11 is 0. The largest absolute Gasteiger partial charge is 0.392 e. The molecule has 4 unspecified atom stereocenters. The van der Waals surface area contributed by atoms with Gasteiger partial charge in [-0.25, -0.2) is 0 Å². The van der Waals surface area contributed by atoms with Crippen molar-refractivity contribution in [3.63, 3.8) is 0 Å². The van der Waals surface area contributed by atoms with E-state index in [1.807, 2.05) is 7.05 Å². The predicted molar refractivity (Wildman–Crippen MR) is 67.6 cm³/mol. The first-order chi connectivity index (χ1) is 6.99. The van der Waals surface area contributed by atoms with Crippen molar-refractivity contribution in [1.29, 1.82) is 0 Å². The van der Waals surface area contributed by atoms with E-state index < -0.39 is 0 Å². The van der Waals surface area contributed by atoms with Crippen molar-refractivity contribution in [3.8, 4) is 0 Å². The topological polar surface area (TPSA) is 12.0 Å². The zero-order chi connectivity index (χ0) is 11.6. The van der Waals surface area contributed by atoms with E-state index in [0.29, 0.717) is 0 Å². The Labute approximate surface area is 95.3 Å². The van der Waals surface area contributed by atoms with Crippen molar-refractivity contribution < 1.29 is 0 Å². The molecule has 0 aromatic rings. The molecule has 0 aromatic heterocycles. The molecule has 1 saturated carbocycles. The van der Waals surface area contributed by atoms with E-state index in [1.54, 1.807) is 0 Å². The van der Waals surface area contributed by atoms with Crippen molar-refractivity contribution in [2.24, 2.45) is 29.6 Å². The summed E-state index contributed by atoms with van der Waals surface area (Å²) in [5, 5.41) is 3.15. The van der Waals surface area contributed by atoms with Crippen LogP contribution in [0.25, 0.3) is 0 Å². The molecular weight excluding hydrogens is 182 g/mol. The van der Waals surface area contributed by atoms with Gasteiger partial charge >= 0.3 is 0 Å². The van der Waals surface area contributed by atoms with Gasteiger partial charge in [0, 0.05) is 12.7 Å². The molecule has 88 valence electrons. The number of nitrogens with one attached hydrogen (secondary N) is 1. The maximum absolute atomic E-state index is 4.01. The molecule has 0 spiro atoms. The van der Waals surface area contributed by atoms with Crippen LogP contribution in [-0.4, -0.2) is 7.05 Å². The van der Waals surface area contributed by atoms with Crippen molar-refractivity contribution in [2.75, 3.05) is 7.05 Å². The molecule has 15 heavy (non-hydrogen) atoms. The molecular formula is C14H27N. The molecule has 0 aliphatic heterocycles. The summed E-state index contributed by atoms with van der Waals surface area (Å²) in [6.45, 7) is 13.7. The van der Waals surface area contributed by atoms with Gasteiger partial charge in [0.2, 0.25) is 0 Å². The van der Waals surface area contributed by atoms with Crippen molar-refractivity contribution in [2.45, 2.75) is 40.5 Å². The Morgan fingerprint density at radius 2 is 1.47 bits per heavy atom. The molecule has 0 aromatic carbocycles. The van der Waals surface area contributed by atoms with E-state index in [9.17, 15) is 0 Å². The fourth-order valence-corrected chi connectivity index (χ4v) is 3.21. The van der Waals surface area contributed by atoms with Gasteiger partial charge in [0.1, 0.15) is 0 Å². The Kier molecular flexibility index (Phi) is 4.24. The van der Waals surface area contributed by atoms with Crippen LogP contribution < -0.4 is 5.32 Å². The number of hydrogen-bond donors (Lipinski definition) is 1. The van der Waals surface area contributed by atoms with Crippen molar-refractivity contribution in [1.82, 2.24) is 5.32 Å². The Bertz CT molecular complexity index is 207. The quantitative estimate of drug-likeness (QED) is 0.745. The van der Waals surface area contributed by atoms with Crippen LogP contribution in [0.1, 0.15) is 40.5 Å². The van der Waals surface area contributed by atoms with E-state index in [2.05, 4.69) is 39.6 Å². The molecule has 0 radical (unpaired) electrons. The van der Waals surface area contributed by atoms with Crippen LogP contribution >= 0.6 is 0 Å². The predicted octanol–water partition coefficient (Wildman–Crippen LogP) is 3.67. The first kappa shape index (κ1) is 12.6. The summed E-state index contributed by atoms with van der Waals surface area (Å²) in [5.74, 6) is 4.40. The van der Waals surface area contributed by atoms with Gasteiger partial charge in [0.25, 0.3) is 0 Å². The highest BCUT2D eigenvalue weighted by molar-refractivity contribution is 4.94. The fourth-order valence-electron chi connectivity index (χ4n) is 3.21. The summed E-state index contributed by atoms with van der Waals surface area (Å²) in [5.41, 5.74) is 1.18. The molecule has 1 fully saturated rings. The normalized spacial score (nSPS) is 40.5. The molecule has 1 rings (SSSR count). The molecule has 1 heteroatoms. The molecule has 1 aliphatic carbocycles. The molecule has 0 amide bonds. The number of allylic oxidation sites excluding steroid dienone is 1. The molecule has 4 atom stereocenters. The van der Waals surface area contributed by atoms with Crippen LogP contribution in [0.15, 0.2) is 12.3 Å². The Balaban J connectivity index is 2.51. The van der Waals surface area contributed by atoms with Gasteiger partial charge in [-0.1, -0.05) is 34.3 Å². The van der Waals surface area contributed by atoms with E-state index in [0.717, 1.165) is 36.0 Å². The van der Waals surface area contributed by atoms with Gasteiger partial charge in [0.15, 0.2) is 0 Å². The first-order valence-electron chi connectivity index (χ1n) is 6.34. The maximum Gasteiger partial charge on any atom is 0.00311 e. The van der Waals surface area contributed by atoms with Crippen LogP contribution in [0, 0.1) is 29.6 Å². The molecule has 0 saturated heterocycles. The summed E-state index contributed by atoms with van der Waals surface area (Å²) in [6, 6.07) is 0. The molecule has 1 N–H and O–H groups in total. The van der Waals surface area contributed by atoms with Crippen LogP contribution in [0.5, 0.6) is 0 Å². The summed E-state index contributed by atoms with van der Waals surface area (Å²) < 4.78 is 0. The highest BCUT2D eigenvalue weighted by Crippen LogP contribution is 2.47. The lowest BCUT2D eigenvalue weighted by molar-refractivity contribution is 0.299. The van der Waals surface area contributed by atoms with Gasteiger partial charge in [-0.05, 0) is 42.4 Å². The van der Waals surface area contributed by atoms with Gasteiger partial charge in [-0.3, -0.25) is 0 Å². The minimum Gasteiger partial charge on any atom is -0.392 e. The van der Waals surface area contributed by atoms with E-state index in [1.165, 1.54) is 12.1 Å². The van der Waals surface area contributed by atoms with Gasteiger partial charge in [-0.2, -0.15) is 0 Å². The number of rotatable bonds is 4. The lowest BCUT2D eigenvalue weighted by Crippen LogP contribution is -2.15. The lowest BCUT2D eigenvalue weighted by atomic mass is 9.85. The SMILES string of the molecule is C=C(CCC1C(C)C(C)C(C)C1C)NC. The number of hydrogen-bond acceptors (Lipinski definition) is 1. The highest BCUT2D eigenvalue weighted by Gasteiger charge is 2.40. The summed E-state index contributed by atoms with van der Waals surface area (Å²) in [7, 11) is 1.97. The molecule has 0 heterocycles. The molecule has 1 aliphatic rings. The fraction of sp³-hybridized carbons (Fsp3) is 0.857. The van der Waals surface area contributed by atoms with E-state index in [4.69, 9.17) is 0 Å². The standard InChI is InChI=1S/C14H27N/c1-9(15-6)7-8-14-12(4)10(2)11(3)13(14)5/h10-15H,1,7-8H2,2-6H3. The molecule has 0 bridgehead atoms. The maximum atomic E-state index is 4.01. The van der Waals surface area contributed by atoms with Crippen LogP contribution in [0.4, 0.5) is 0 Å². The summed E-state index contributed by atoms with van der Waals surface area (Å²) in [6.07, 6.45) is 2.44. The van der Waals surface area contributed by atoms with Crippen molar-refractivity contribution in [3.05, 3.63) is 12.3 Å². The Morgan fingerprint density at radius 3 is 1.87 bits per heavy atom. The first-order valence-corrected chi connectivity index (χ1v) is 6.34. The average molecular weight is 209 g/mol. The second-order valence-corrected chi connectivity index (χ2v) is 5.49. The summed E-state index contributed by atoms with van der Waals surface area (Å²) in [4.78, 5) is 0. The van der Waals surface area contributed by atoms with Gasteiger partial charge in [0.05, 0.1) is 0 Å². The Hall–Kier alpha value is -0.460. The average Bonchev–Trinajstić information content (AvgIpc) is 2.41. The minimum atomic E-state index is 0.875. The lowest BCUT2D eigenvalue weighted by Gasteiger charge is -2.21. The zero-order valence-corrected chi connectivity index (χ0v) is 11.0. The smallest absolute Gasteiger partial charge is 0.00311 e. The zero-order valence-electron chi connectivity index (χ0n) is 11.0. The monoisotopic (exact) mass is 209 g/mol. The third-order valence-corrected chi connectivity index (χ3v) is 4.97. The third-order valence-electron chi connectivity index (χ3n) is 4.97. The van der Waals surface area contributed by atoms with Crippen LogP contribution in [0.2, 0.25) is 0 Å². The van der Waals surface area contributed by atoms with Crippen LogP contribution in [-0.2, 0) is 0 Å². The van der Waals surface area contributed by atoms with Crippen molar-refractivity contribution >= 4 is 0 Å². The Morgan fingerprint density at radius 1 is 1.00 bits per heavy atom. The second kappa shape index (κ2) is 5.05. The second-order valence-electron chi connectivity index (χ2n) is 5.49. The third kappa shape index (κ3) is 2.56. The van der Waals surface area contributed by atoms with E-state index >= 15 is 0 Å². The highest BCUT2D eigenvalue weighted by atomic mass is 14.8. The van der Waals surface area contributed by atoms with Gasteiger partial charge < -0.3 is 5.32 Å². The van der Waals surface area contributed by atoms with Gasteiger partial charge in [-0.15, -0.1) is 0 Å².